The molecule has 3 aromatic carbocycles. The lowest BCUT2D eigenvalue weighted by Crippen LogP contribution is -2.42. The normalized spacial score (nSPS) is 13.9. The van der Waals surface area contributed by atoms with Crippen molar-refractivity contribution in [2.24, 2.45) is 5.92 Å². The number of sulfonamides is 1. The smallest absolute Gasteiger partial charge is 0.326 e. The third-order valence-electron chi connectivity index (χ3n) is 8.04. The van der Waals surface area contributed by atoms with Gasteiger partial charge in [0.15, 0.2) is 0 Å². The molecule has 10 nitrogen and oxygen atoms in total. The number of nitrogens with one attached hydrogen (secondary N) is 3. The molecule has 4 rings (SSSR count). The number of amides is 2. The first-order valence-electron chi connectivity index (χ1n) is 15.9. The lowest BCUT2D eigenvalue weighted by molar-refractivity contribution is -0.139. The molecule has 0 bridgehead atoms. The SMILES string of the molecule is CCCCCCCOc1ccc(S(=O)(=O)Nc2ccc(C[C@H](NC(=O)c3ccc(NC(=O)C4CCCC4)cc3)C(=O)O)cc2)cc1. The van der Waals surface area contributed by atoms with Crippen molar-refractivity contribution in [3.63, 3.8) is 0 Å². The maximum atomic E-state index is 12.9. The van der Waals surface area contributed by atoms with Crippen molar-refractivity contribution in [1.82, 2.24) is 5.32 Å². The van der Waals surface area contributed by atoms with Gasteiger partial charge in [-0.15, -0.1) is 0 Å². The molecule has 246 valence electrons. The molecule has 0 unspecified atom stereocenters. The topological polar surface area (TPSA) is 151 Å². The number of anilines is 2. The number of unbranched alkanes of at least 4 members (excludes halogenated alkanes) is 4. The molecule has 0 radical (unpaired) electrons. The Morgan fingerprint density at radius 3 is 2.11 bits per heavy atom. The molecule has 11 heteroatoms. The van der Waals surface area contributed by atoms with Gasteiger partial charge in [-0.2, -0.15) is 0 Å². The summed E-state index contributed by atoms with van der Waals surface area (Å²) in [7, 11) is -3.86. The van der Waals surface area contributed by atoms with Gasteiger partial charge in [0.2, 0.25) is 5.91 Å². The predicted octanol–water partition coefficient (Wildman–Crippen LogP) is 6.39. The summed E-state index contributed by atoms with van der Waals surface area (Å²) in [6.45, 7) is 2.75. The Balaban J connectivity index is 1.28. The zero-order valence-electron chi connectivity index (χ0n) is 26.2. The van der Waals surface area contributed by atoms with E-state index in [0.717, 1.165) is 38.5 Å². The van der Waals surface area contributed by atoms with Crippen LogP contribution in [0.25, 0.3) is 0 Å². The Labute approximate surface area is 271 Å². The van der Waals surface area contributed by atoms with Gasteiger partial charge in [0, 0.05) is 29.3 Å². The van der Waals surface area contributed by atoms with Crippen LogP contribution in [0.5, 0.6) is 5.75 Å². The molecule has 0 saturated heterocycles. The number of benzene rings is 3. The van der Waals surface area contributed by atoms with E-state index >= 15 is 0 Å². The second-order valence-electron chi connectivity index (χ2n) is 11.7. The van der Waals surface area contributed by atoms with Crippen LogP contribution in [-0.4, -0.2) is 44.0 Å². The molecule has 1 fully saturated rings. The molecule has 3 aromatic rings. The average molecular weight is 650 g/mol. The first kappa shape index (κ1) is 34.5. The number of rotatable bonds is 17. The fraction of sp³-hybridized carbons (Fsp3) is 0.400. The number of carbonyl (C=O) groups excluding carboxylic acids is 2. The van der Waals surface area contributed by atoms with Crippen LogP contribution in [0.2, 0.25) is 0 Å². The molecule has 0 heterocycles. The number of aliphatic carboxylic acids is 1. The summed E-state index contributed by atoms with van der Waals surface area (Å²) in [4.78, 5) is 37.2. The van der Waals surface area contributed by atoms with Gasteiger partial charge in [0.1, 0.15) is 11.8 Å². The second kappa shape index (κ2) is 16.8. The van der Waals surface area contributed by atoms with Crippen molar-refractivity contribution in [1.29, 1.82) is 0 Å². The van der Waals surface area contributed by atoms with Gasteiger partial charge >= 0.3 is 5.97 Å². The van der Waals surface area contributed by atoms with Crippen LogP contribution in [-0.2, 0) is 26.0 Å². The predicted molar refractivity (Wildman–Crippen MR) is 178 cm³/mol. The minimum absolute atomic E-state index is 0.0102. The largest absolute Gasteiger partial charge is 0.494 e. The molecule has 1 atom stereocenters. The van der Waals surface area contributed by atoms with Crippen molar-refractivity contribution in [3.05, 3.63) is 83.9 Å². The summed E-state index contributed by atoms with van der Waals surface area (Å²) < 4.78 is 34.1. The van der Waals surface area contributed by atoms with E-state index < -0.39 is 27.9 Å². The lowest BCUT2D eigenvalue weighted by Gasteiger charge is -2.16. The van der Waals surface area contributed by atoms with Gasteiger partial charge in [0.05, 0.1) is 11.5 Å². The van der Waals surface area contributed by atoms with Crippen LogP contribution in [0.1, 0.15) is 80.6 Å². The van der Waals surface area contributed by atoms with Crippen LogP contribution in [0.15, 0.2) is 77.7 Å². The molecule has 46 heavy (non-hydrogen) atoms. The van der Waals surface area contributed by atoms with Crippen LogP contribution in [0, 0.1) is 5.92 Å². The van der Waals surface area contributed by atoms with Crippen LogP contribution in [0.4, 0.5) is 11.4 Å². The maximum absolute atomic E-state index is 12.9. The highest BCUT2D eigenvalue weighted by atomic mass is 32.2. The summed E-state index contributed by atoms with van der Waals surface area (Å²) in [5.41, 5.74) is 1.74. The van der Waals surface area contributed by atoms with Crippen molar-refractivity contribution in [2.75, 3.05) is 16.6 Å². The lowest BCUT2D eigenvalue weighted by atomic mass is 10.0. The van der Waals surface area contributed by atoms with Gasteiger partial charge in [-0.05, 0) is 85.5 Å². The number of ether oxygens (including phenoxy) is 1. The second-order valence-corrected chi connectivity index (χ2v) is 13.3. The van der Waals surface area contributed by atoms with Gasteiger partial charge in [-0.25, -0.2) is 13.2 Å². The molecule has 1 aliphatic carbocycles. The zero-order valence-corrected chi connectivity index (χ0v) is 27.0. The molecule has 0 aliphatic heterocycles. The summed E-state index contributed by atoms with van der Waals surface area (Å²) in [5, 5.41) is 15.2. The van der Waals surface area contributed by atoms with E-state index in [1.807, 2.05) is 0 Å². The average Bonchev–Trinajstić information content (AvgIpc) is 3.59. The van der Waals surface area contributed by atoms with Crippen LogP contribution < -0.4 is 20.1 Å². The fourth-order valence-corrected chi connectivity index (χ4v) is 6.41. The minimum atomic E-state index is -3.86. The van der Waals surface area contributed by atoms with E-state index in [0.29, 0.717) is 29.3 Å². The third-order valence-corrected chi connectivity index (χ3v) is 9.44. The van der Waals surface area contributed by atoms with Crippen molar-refractivity contribution < 1.29 is 32.6 Å². The van der Waals surface area contributed by atoms with E-state index in [2.05, 4.69) is 22.3 Å². The van der Waals surface area contributed by atoms with Crippen LogP contribution in [0.3, 0.4) is 0 Å². The zero-order chi connectivity index (χ0) is 32.9. The minimum Gasteiger partial charge on any atom is -0.494 e. The number of carbonyl (C=O) groups is 3. The quantitative estimate of drug-likeness (QED) is 0.124. The van der Waals surface area contributed by atoms with E-state index in [-0.39, 0.29) is 28.7 Å². The number of carboxylic acid groups (broad SMARTS) is 1. The molecule has 2 amide bonds. The molecular weight excluding hydrogens is 606 g/mol. The van der Waals surface area contributed by atoms with Crippen molar-refractivity contribution in [2.45, 2.75) is 82.1 Å². The van der Waals surface area contributed by atoms with E-state index in [1.165, 1.54) is 43.5 Å². The van der Waals surface area contributed by atoms with E-state index in [9.17, 15) is 27.9 Å². The van der Waals surface area contributed by atoms with Gasteiger partial charge < -0.3 is 20.5 Å². The van der Waals surface area contributed by atoms with Crippen LogP contribution >= 0.6 is 0 Å². The molecule has 1 aliphatic rings. The number of hydrogen-bond donors (Lipinski definition) is 4. The molecular formula is C35H43N3O7S. The molecule has 0 aromatic heterocycles. The Hall–Kier alpha value is -4.38. The maximum Gasteiger partial charge on any atom is 0.326 e. The number of carboxylic acids is 1. The van der Waals surface area contributed by atoms with E-state index in [4.69, 9.17) is 4.74 Å². The fourth-order valence-electron chi connectivity index (χ4n) is 5.35. The van der Waals surface area contributed by atoms with Gasteiger partial charge in [-0.3, -0.25) is 14.3 Å². The Kier molecular flexibility index (Phi) is 12.6. The Bertz CT molecular complexity index is 1550. The van der Waals surface area contributed by atoms with Crippen molar-refractivity contribution >= 4 is 39.2 Å². The first-order chi connectivity index (χ1) is 22.1. The summed E-state index contributed by atoms with van der Waals surface area (Å²) >= 11 is 0. The Morgan fingerprint density at radius 2 is 1.48 bits per heavy atom. The first-order valence-corrected chi connectivity index (χ1v) is 17.4. The summed E-state index contributed by atoms with van der Waals surface area (Å²) in [6, 6.07) is 17.7. The third kappa shape index (κ3) is 10.3. The highest BCUT2D eigenvalue weighted by Crippen LogP contribution is 2.26. The Morgan fingerprint density at radius 1 is 0.848 bits per heavy atom. The monoisotopic (exact) mass is 649 g/mol. The van der Waals surface area contributed by atoms with E-state index in [1.54, 1.807) is 48.5 Å². The standard InChI is InChI=1S/C35H43N3O7S/c1-2-3-4-5-8-23-45-30-19-21-31(22-20-30)46(43,44)38-29-15-11-25(12-16-29)24-32(35(41)42)37-34(40)27-13-17-28(18-14-27)36-33(39)26-9-6-7-10-26/h11-22,26,32,38H,2-10,23-24H2,1H3,(H,36,39)(H,37,40)(H,41,42)/t32-/m0/s1. The molecule has 1 saturated carbocycles. The van der Waals surface area contributed by atoms with Gasteiger partial charge in [0.25, 0.3) is 15.9 Å². The highest BCUT2D eigenvalue weighted by Gasteiger charge is 2.24. The van der Waals surface area contributed by atoms with Crippen molar-refractivity contribution in [3.8, 4) is 5.75 Å². The highest BCUT2D eigenvalue weighted by molar-refractivity contribution is 7.92. The molecule has 4 N–H and O–H groups in total. The summed E-state index contributed by atoms with van der Waals surface area (Å²) in [6.07, 6.45) is 9.48. The van der Waals surface area contributed by atoms with Gasteiger partial charge in [-0.1, -0.05) is 57.6 Å². The number of hydrogen-bond acceptors (Lipinski definition) is 6. The molecule has 0 spiro atoms. The summed E-state index contributed by atoms with van der Waals surface area (Å²) in [5.74, 6) is -1.17.